The molecule has 1 unspecified atom stereocenters. The van der Waals surface area contributed by atoms with Gasteiger partial charge in [0.05, 0.1) is 5.69 Å². The largest absolute Gasteiger partial charge is 0.396 e. The zero-order valence-electron chi connectivity index (χ0n) is 11.4. The highest BCUT2D eigenvalue weighted by atomic mass is 16.3. The van der Waals surface area contributed by atoms with Crippen LogP contribution < -0.4 is 0 Å². The number of H-pyrrole nitrogens is 1. The topological polar surface area (TPSA) is 83.1 Å². The second kappa shape index (κ2) is 8.80. The fraction of sp³-hybridized carbons (Fsp3) is 0.333. The van der Waals surface area contributed by atoms with Crippen molar-refractivity contribution in [2.75, 3.05) is 6.61 Å². The summed E-state index contributed by atoms with van der Waals surface area (Å²) in [6, 6.07) is 12.3. The summed E-state index contributed by atoms with van der Waals surface area (Å²) in [7, 11) is 0. The number of aryl methyl sites for hydroxylation is 1. The van der Waals surface area contributed by atoms with Crippen LogP contribution in [-0.2, 0) is 16.0 Å². The van der Waals surface area contributed by atoms with Crippen molar-refractivity contribution in [1.29, 1.82) is 0 Å². The third kappa shape index (κ3) is 4.46. The van der Waals surface area contributed by atoms with Gasteiger partial charge in [-0.2, -0.15) is 14.7 Å². The van der Waals surface area contributed by atoms with Crippen LogP contribution >= 0.6 is 0 Å². The zero-order chi connectivity index (χ0) is 14.8. The predicted molar refractivity (Wildman–Crippen MR) is 73.0 cm³/mol. The Labute approximate surface area is 117 Å². The number of aliphatic hydroxyl groups excluding tert-OH is 1. The molecule has 20 heavy (non-hydrogen) atoms. The molecule has 1 aromatic carbocycles. The van der Waals surface area contributed by atoms with E-state index in [0.29, 0.717) is 6.42 Å². The Kier molecular flexibility index (Phi) is 6.96. The standard InChI is InChI=1S/C14H18N2O.CO2/c1-2-12-10-14(16-15-12)13(8-9-17)11-6-4-3-5-7-11;2-1-3/h3-7,10,13,17H,2,8-9H2,1H3,(H,15,16);. The number of benzene rings is 1. The predicted octanol–water partition coefficient (Wildman–Crippen LogP) is 1.90. The number of hydrogen-bond acceptors (Lipinski definition) is 4. The molecule has 5 heteroatoms. The first-order chi connectivity index (χ1) is 9.76. The fourth-order valence-electron chi connectivity index (χ4n) is 2.04. The van der Waals surface area contributed by atoms with E-state index in [2.05, 4.69) is 35.3 Å². The van der Waals surface area contributed by atoms with E-state index in [1.54, 1.807) is 0 Å². The van der Waals surface area contributed by atoms with Gasteiger partial charge in [-0.3, -0.25) is 5.10 Å². The highest BCUT2D eigenvalue weighted by Crippen LogP contribution is 2.26. The Morgan fingerprint density at radius 2 is 1.95 bits per heavy atom. The summed E-state index contributed by atoms with van der Waals surface area (Å²) >= 11 is 0. The Morgan fingerprint density at radius 3 is 2.45 bits per heavy atom. The lowest BCUT2D eigenvalue weighted by molar-refractivity contribution is -0.191. The number of rotatable bonds is 5. The van der Waals surface area contributed by atoms with E-state index < -0.39 is 0 Å². The number of aliphatic hydroxyl groups is 1. The average molecular weight is 274 g/mol. The van der Waals surface area contributed by atoms with Crippen molar-refractivity contribution < 1.29 is 14.7 Å². The van der Waals surface area contributed by atoms with E-state index in [1.165, 1.54) is 5.56 Å². The minimum atomic E-state index is 0.174. The van der Waals surface area contributed by atoms with Crippen LogP contribution in [0.1, 0.15) is 36.2 Å². The molecule has 1 atom stereocenters. The first-order valence-corrected chi connectivity index (χ1v) is 6.46. The number of carbonyl (C=O) groups excluding carboxylic acids is 2. The number of hydrogen-bond donors (Lipinski definition) is 2. The first-order valence-electron chi connectivity index (χ1n) is 6.46. The monoisotopic (exact) mass is 274 g/mol. The van der Waals surface area contributed by atoms with Gasteiger partial charge in [0, 0.05) is 18.2 Å². The van der Waals surface area contributed by atoms with Crippen LogP contribution in [0.25, 0.3) is 0 Å². The Balaban J connectivity index is 0.000000612. The maximum Gasteiger partial charge on any atom is 0.373 e. The van der Waals surface area contributed by atoms with Gasteiger partial charge in [0.25, 0.3) is 0 Å². The summed E-state index contributed by atoms with van der Waals surface area (Å²) in [4.78, 5) is 16.2. The van der Waals surface area contributed by atoms with Crippen LogP contribution in [-0.4, -0.2) is 28.1 Å². The number of aromatic amines is 1. The summed E-state index contributed by atoms with van der Waals surface area (Å²) in [6.07, 6.45) is 1.91. The van der Waals surface area contributed by atoms with E-state index in [4.69, 9.17) is 9.59 Å². The lowest BCUT2D eigenvalue weighted by Crippen LogP contribution is -2.04. The highest BCUT2D eigenvalue weighted by molar-refractivity contribution is 5.29. The van der Waals surface area contributed by atoms with Crippen LogP contribution in [0.2, 0.25) is 0 Å². The number of nitrogens with one attached hydrogen (secondary N) is 1. The minimum absolute atomic E-state index is 0.174. The third-order valence-electron chi connectivity index (χ3n) is 3.01. The van der Waals surface area contributed by atoms with Crippen LogP contribution in [0, 0.1) is 0 Å². The smallest absolute Gasteiger partial charge is 0.373 e. The van der Waals surface area contributed by atoms with Crippen LogP contribution in [0.15, 0.2) is 36.4 Å². The molecule has 0 saturated carbocycles. The van der Waals surface area contributed by atoms with Crippen molar-refractivity contribution in [1.82, 2.24) is 10.2 Å². The summed E-state index contributed by atoms with van der Waals surface area (Å²) in [5.41, 5.74) is 3.36. The van der Waals surface area contributed by atoms with E-state index in [1.807, 2.05) is 18.2 Å². The van der Waals surface area contributed by atoms with Gasteiger partial charge >= 0.3 is 6.15 Å². The molecule has 0 aliphatic rings. The van der Waals surface area contributed by atoms with Gasteiger partial charge in [0.1, 0.15) is 0 Å². The van der Waals surface area contributed by atoms with E-state index in [0.717, 1.165) is 17.8 Å². The minimum Gasteiger partial charge on any atom is -0.396 e. The van der Waals surface area contributed by atoms with Gasteiger partial charge in [-0.25, -0.2) is 0 Å². The van der Waals surface area contributed by atoms with Crippen molar-refractivity contribution in [3.8, 4) is 0 Å². The molecule has 106 valence electrons. The quantitative estimate of drug-likeness (QED) is 0.872. The Morgan fingerprint density at radius 1 is 1.30 bits per heavy atom. The molecule has 0 aliphatic carbocycles. The van der Waals surface area contributed by atoms with Crippen molar-refractivity contribution in [3.05, 3.63) is 53.3 Å². The van der Waals surface area contributed by atoms with Gasteiger partial charge in [0.2, 0.25) is 0 Å². The zero-order valence-corrected chi connectivity index (χ0v) is 11.4. The molecule has 1 heterocycles. The summed E-state index contributed by atoms with van der Waals surface area (Å²) in [5.74, 6) is 0.178. The van der Waals surface area contributed by atoms with Gasteiger partial charge in [0.15, 0.2) is 0 Å². The second-order valence-electron chi connectivity index (χ2n) is 4.23. The highest BCUT2D eigenvalue weighted by Gasteiger charge is 2.16. The molecular formula is C15H18N2O3. The lowest BCUT2D eigenvalue weighted by atomic mass is 9.92. The molecule has 5 nitrogen and oxygen atoms in total. The molecule has 1 aromatic heterocycles. The van der Waals surface area contributed by atoms with Crippen LogP contribution in [0.3, 0.4) is 0 Å². The number of nitrogens with zero attached hydrogens (tertiary/aromatic N) is 1. The molecule has 2 N–H and O–H groups in total. The van der Waals surface area contributed by atoms with Crippen molar-refractivity contribution in [3.63, 3.8) is 0 Å². The maximum absolute atomic E-state index is 9.19. The third-order valence-corrected chi connectivity index (χ3v) is 3.01. The normalized spacial score (nSPS) is 11.1. The lowest BCUT2D eigenvalue weighted by Gasteiger charge is -2.13. The van der Waals surface area contributed by atoms with E-state index in [9.17, 15) is 5.11 Å². The number of aromatic nitrogens is 2. The molecule has 0 radical (unpaired) electrons. The van der Waals surface area contributed by atoms with Gasteiger partial charge in [-0.05, 0) is 24.5 Å². The fourth-order valence-corrected chi connectivity index (χ4v) is 2.04. The second-order valence-corrected chi connectivity index (χ2v) is 4.23. The SMILES string of the molecule is CCc1cc(C(CCO)c2ccccc2)n[nH]1.O=C=O. The molecule has 0 saturated heterocycles. The van der Waals surface area contributed by atoms with Gasteiger partial charge < -0.3 is 5.11 Å². The molecule has 0 amide bonds. The van der Waals surface area contributed by atoms with Crippen LogP contribution in [0.4, 0.5) is 0 Å². The van der Waals surface area contributed by atoms with Crippen LogP contribution in [0.5, 0.6) is 0 Å². The van der Waals surface area contributed by atoms with E-state index >= 15 is 0 Å². The molecule has 0 spiro atoms. The van der Waals surface area contributed by atoms with Gasteiger partial charge in [-0.15, -0.1) is 0 Å². The van der Waals surface area contributed by atoms with Crippen molar-refractivity contribution in [2.45, 2.75) is 25.7 Å². The molecule has 0 bridgehead atoms. The molecule has 0 aliphatic heterocycles. The molecule has 2 aromatic rings. The maximum atomic E-state index is 9.19. The molecular weight excluding hydrogens is 256 g/mol. The molecule has 0 fully saturated rings. The van der Waals surface area contributed by atoms with Gasteiger partial charge in [-0.1, -0.05) is 37.3 Å². The Hall–Kier alpha value is -2.23. The van der Waals surface area contributed by atoms with Crippen molar-refractivity contribution >= 4 is 6.15 Å². The first kappa shape index (κ1) is 15.8. The summed E-state index contributed by atoms with van der Waals surface area (Å²) < 4.78 is 0. The Bertz CT molecular complexity index is 531. The van der Waals surface area contributed by atoms with E-state index in [-0.39, 0.29) is 18.7 Å². The van der Waals surface area contributed by atoms with Crippen molar-refractivity contribution in [2.24, 2.45) is 0 Å². The summed E-state index contributed by atoms with van der Waals surface area (Å²) in [6.45, 7) is 2.27. The summed E-state index contributed by atoms with van der Waals surface area (Å²) in [5, 5.41) is 16.6. The average Bonchev–Trinajstić information content (AvgIpc) is 2.95. The molecule has 2 rings (SSSR count).